The van der Waals surface area contributed by atoms with Crippen molar-refractivity contribution in [2.24, 2.45) is 0 Å². The van der Waals surface area contributed by atoms with Crippen molar-refractivity contribution < 1.29 is 13.9 Å². The highest BCUT2D eigenvalue weighted by molar-refractivity contribution is 6.08. The van der Waals surface area contributed by atoms with Gasteiger partial charge in [0, 0.05) is 17.2 Å². The number of hydrogen-bond acceptors (Lipinski definition) is 3. The summed E-state index contributed by atoms with van der Waals surface area (Å²) in [4.78, 5) is 14.6. The molecule has 4 heteroatoms. The van der Waals surface area contributed by atoms with E-state index in [1.165, 1.54) is 30.7 Å². The van der Waals surface area contributed by atoms with E-state index in [1.54, 1.807) is 12.1 Å². The van der Waals surface area contributed by atoms with Crippen LogP contribution in [0.4, 0.5) is 4.39 Å². The van der Waals surface area contributed by atoms with E-state index in [-0.39, 0.29) is 11.6 Å². The normalized spacial score (nSPS) is 18.1. The molecule has 0 spiro atoms. The van der Waals surface area contributed by atoms with Gasteiger partial charge in [-0.15, -0.1) is 0 Å². The highest BCUT2D eigenvalue weighted by Gasteiger charge is 2.21. The number of rotatable bonds is 5. The Labute approximate surface area is 135 Å². The molecule has 0 radical (unpaired) electrons. The van der Waals surface area contributed by atoms with Gasteiger partial charge in [0.15, 0.2) is 5.78 Å². The molecule has 0 aromatic heterocycles. The molecule has 3 rings (SSSR count). The highest BCUT2D eigenvalue weighted by Crippen LogP contribution is 2.19. The van der Waals surface area contributed by atoms with Crippen molar-refractivity contribution >= 4 is 5.78 Å². The first-order valence-electron chi connectivity index (χ1n) is 7.87. The maximum absolute atomic E-state index is 12.9. The lowest BCUT2D eigenvalue weighted by Gasteiger charge is -2.19. The average Bonchev–Trinajstić information content (AvgIpc) is 2.99. The standard InChI is InChI=1S/C19H20FNO2/c1-21-12-2-3-17(21)13-23-18-10-6-15(7-11-18)19(22)14-4-8-16(20)9-5-14/h4-11,17H,2-3,12-13H2,1H3. The molecule has 1 aliphatic heterocycles. The molecular formula is C19H20FNO2. The number of ether oxygens (including phenoxy) is 1. The van der Waals surface area contributed by atoms with E-state index in [2.05, 4.69) is 11.9 Å². The van der Waals surface area contributed by atoms with Crippen molar-refractivity contribution in [2.45, 2.75) is 18.9 Å². The molecule has 1 saturated heterocycles. The lowest BCUT2D eigenvalue weighted by atomic mass is 10.0. The van der Waals surface area contributed by atoms with E-state index in [9.17, 15) is 9.18 Å². The third kappa shape index (κ3) is 3.77. The van der Waals surface area contributed by atoms with Crippen molar-refractivity contribution in [3.05, 3.63) is 65.5 Å². The van der Waals surface area contributed by atoms with Crippen LogP contribution in [0.15, 0.2) is 48.5 Å². The van der Waals surface area contributed by atoms with Gasteiger partial charge < -0.3 is 9.64 Å². The first-order chi connectivity index (χ1) is 11.1. The fourth-order valence-electron chi connectivity index (χ4n) is 2.85. The van der Waals surface area contributed by atoms with Gasteiger partial charge in [-0.05, 0) is 75.0 Å². The Kier molecular flexibility index (Phi) is 4.72. The zero-order valence-electron chi connectivity index (χ0n) is 13.2. The first-order valence-corrected chi connectivity index (χ1v) is 7.87. The molecule has 1 heterocycles. The summed E-state index contributed by atoms with van der Waals surface area (Å²) in [6, 6.07) is 13.2. The summed E-state index contributed by atoms with van der Waals surface area (Å²) in [6.07, 6.45) is 2.38. The molecule has 120 valence electrons. The summed E-state index contributed by atoms with van der Waals surface area (Å²) in [5, 5.41) is 0. The van der Waals surface area contributed by atoms with Crippen LogP contribution in [0.5, 0.6) is 5.75 Å². The number of likely N-dealkylation sites (N-methyl/N-ethyl adjacent to an activating group) is 1. The number of carbonyl (C=O) groups is 1. The zero-order chi connectivity index (χ0) is 16.2. The Morgan fingerprint density at radius 2 is 1.74 bits per heavy atom. The van der Waals surface area contributed by atoms with Crippen LogP contribution in [-0.2, 0) is 0 Å². The number of benzene rings is 2. The lowest BCUT2D eigenvalue weighted by Crippen LogP contribution is -2.30. The van der Waals surface area contributed by atoms with E-state index < -0.39 is 0 Å². The summed E-state index contributed by atoms with van der Waals surface area (Å²) < 4.78 is 18.7. The third-order valence-corrected chi connectivity index (χ3v) is 4.34. The molecule has 0 N–H and O–H groups in total. The molecule has 0 aliphatic carbocycles. The van der Waals surface area contributed by atoms with Crippen molar-refractivity contribution in [1.29, 1.82) is 0 Å². The predicted octanol–water partition coefficient (Wildman–Crippen LogP) is 3.53. The molecule has 0 bridgehead atoms. The molecular weight excluding hydrogens is 293 g/mol. The van der Waals surface area contributed by atoms with Gasteiger partial charge in [0.2, 0.25) is 0 Å². The van der Waals surface area contributed by atoms with Crippen LogP contribution in [0.25, 0.3) is 0 Å². The minimum absolute atomic E-state index is 0.118. The SMILES string of the molecule is CN1CCCC1COc1ccc(C(=O)c2ccc(F)cc2)cc1. The second kappa shape index (κ2) is 6.92. The molecule has 1 unspecified atom stereocenters. The van der Waals surface area contributed by atoms with Gasteiger partial charge in [-0.25, -0.2) is 4.39 Å². The largest absolute Gasteiger partial charge is 0.492 e. The van der Waals surface area contributed by atoms with Crippen LogP contribution >= 0.6 is 0 Å². The van der Waals surface area contributed by atoms with Crippen LogP contribution in [0, 0.1) is 5.82 Å². The van der Waals surface area contributed by atoms with E-state index >= 15 is 0 Å². The second-order valence-electron chi connectivity index (χ2n) is 5.95. The van der Waals surface area contributed by atoms with Crippen molar-refractivity contribution in [3.63, 3.8) is 0 Å². The summed E-state index contributed by atoms with van der Waals surface area (Å²) >= 11 is 0. The number of carbonyl (C=O) groups excluding carboxylic acids is 1. The molecule has 0 saturated carbocycles. The third-order valence-electron chi connectivity index (χ3n) is 4.34. The Balaban J connectivity index is 1.62. The molecule has 0 amide bonds. The van der Waals surface area contributed by atoms with Gasteiger partial charge in [0.25, 0.3) is 0 Å². The van der Waals surface area contributed by atoms with E-state index in [4.69, 9.17) is 4.74 Å². The van der Waals surface area contributed by atoms with Crippen LogP contribution in [-0.4, -0.2) is 36.9 Å². The predicted molar refractivity (Wildman–Crippen MR) is 87.4 cm³/mol. The van der Waals surface area contributed by atoms with Gasteiger partial charge >= 0.3 is 0 Å². The Morgan fingerprint density at radius 3 is 2.30 bits per heavy atom. The van der Waals surface area contributed by atoms with Gasteiger partial charge in [-0.1, -0.05) is 0 Å². The molecule has 2 aromatic rings. The molecule has 3 nitrogen and oxygen atoms in total. The topological polar surface area (TPSA) is 29.5 Å². The van der Waals surface area contributed by atoms with Crippen molar-refractivity contribution in [3.8, 4) is 5.75 Å². The summed E-state index contributed by atoms with van der Waals surface area (Å²) in [5.74, 6) is 0.301. The van der Waals surface area contributed by atoms with Gasteiger partial charge in [-0.2, -0.15) is 0 Å². The fourth-order valence-corrected chi connectivity index (χ4v) is 2.85. The maximum atomic E-state index is 12.9. The minimum atomic E-state index is -0.345. The number of halogens is 1. The second-order valence-corrected chi connectivity index (χ2v) is 5.95. The van der Waals surface area contributed by atoms with Crippen molar-refractivity contribution in [1.82, 2.24) is 4.90 Å². The molecule has 2 aromatic carbocycles. The van der Waals surface area contributed by atoms with Gasteiger partial charge in [0.05, 0.1) is 0 Å². The lowest BCUT2D eigenvalue weighted by molar-refractivity contribution is 0.103. The monoisotopic (exact) mass is 313 g/mol. The van der Waals surface area contributed by atoms with Crippen molar-refractivity contribution in [2.75, 3.05) is 20.2 Å². The fraction of sp³-hybridized carbons (Fsp3) is 0.316. The molecule has 23 heavy (non-hydrogen) atoms. The van der Waals surface area contributed by atoms with Gasteiger partial charge in [0.1, 0.15) is 18.2 Å². The Bertz CT molecular complexity index is 667. The number of ketones is 1. The maximum Gasteiger partial charge on any atom is 0.193 e. The molecule has 1 fully saturated rings. The van der Waals surface area contributed by atoms with Crippen LogP contribution in [0.1, 0.15) is 28.8 Å². The summed E-state index contributed by atoms with van der Waals surface area (Å²) in [6.45, 7) is 1.79. The van der Waals surface area contributed by atoms with Crippen LogP contribution in [0.3, 0.4) is 0 Å². The average molecular weight is 313 g/mol. The van der Waals surface area contributed by atoms with E-state index in [1.807, 2.05) is 12.1 Å². The highest BCUT2D eigenvalue weighted by atomic mass is 19.1. The van der Waals surface area contributed by atoms with E-state index in [0.29, 0.717) is 23.8 Å². The first kappa shape index (κ1) is 15.7. The van der Waals surface area contributed by atoms with E-state index in [0.717, 1.165) is 18.7 Å². The Morgan fingerprint density at radius 1 is 1.13 bits per heavy atom. The molecule has 1 aliphatic rings. The van der Waals surface area contributed by atoms with Crippen LogP contribution in [0.2, 0.25) is 0 Å². The number of likely N-dealkylation sites (tertiary alicyclic amines) is 1. The smallest absolute Gasteiger partial charge is 0.193 e. The van der Waals surface area contributed by atoms with Gasteiger partial charge in [-0.3, -0.25) is 4.79 Å². The number of hydrogen-bond donors (Lipinski definition) is 0. The molecule has 1 atom stereocenters. The van der Waals surface area contributed by atoms with Crippen LogP contribution < -0.4 is 4.74 Å². The zero-order valence-corrected chi connectivity index (χ0v) is 13.2. The Hall–Kier alpha value is -2.20. The number of nitrogens with zero attached hydrogens (tertiary/aromatic N) is 1. The summed E-state index contributed by atoms with van der Waals surface area (Å²) in [5.41, 5.74) is 1.05. The quantitative estimate of drug-likeness (QED) is 0.791. The summed E-state index contributed by atoms with van der Waals surface area (Å²) in [7, 11) is 2.12. The minimum Gasteiger partial charge on any atom is -0.492 e.